The summed E-state index contributed by atoms with van der Waals surface area (Å²) in [4.78, 5) is 26.5. The van der Waals surface area contributed by atoms with Crippen molar-refractivity contribution >= 4 is 23.4 Å². The third-order valence-corrected chi connectivity index (χ3v) is 5.93. The molecular formula is C20H27ClN2O3. The Morgan fingerprint density at radius 3 is 2.81 bits per heavy atom. The summed E-state index contributed by atoms with van der Waals surface area (Å²) in [5, 5.41) is 3.80. The second-order valence-corrected chi connectivity index (χ2v) is 7.78. The molecule has 2 saturated heterocycles. The third-order valence-electron chi connectivity index (χ3n) is 5.69. The maximum atomic E-state index is 12.7. The van der Waals surface area contributed by atoms with Crippen molar-refractivity contribution in [3.05, 3.63) is 34.9 Å². The average Bonchev–Trinajstić information content (AvgIpc) is 2.67. The summed E-state index contributed by atoms with van der Waals surface area (Å²) in [6.07, 6.45) is 4.10. The number of carbonyl (C=O) groups is 2. The minimum atomic E-state index is -0.431. The molecule has 2 aliphatic heterocycles. The van der Waals surface area contributed by atoms with Gasteiger partial charge in [-0.3, -0.25) is 9.59 Å². The summed E-state index contributed by atoms with van der Waals surface area (Å²) in [7, 11) is 0. The minimum absolute atomic E-state index is 0.0783. The van der Waals surface area contributed by atoms with Gasteiger partial charge in [-0.1, -0.05) is 23.7 Å². The molecule has 2 fully saturated rings. The number of rotatable bonds is 5. The number of carbonyl (C=O) groups excluding carboxylic acids is 2. The van der Waals surface area contributed by atoms with E-state index < -0.39 is 6.04 Å². The van der Waals surface area contributed by atoms with Crippen LogP contribution in [0.4, 0.5) is 0 Å². The molecule has 5 nitrogen and oxygen atoms in total. The number of halogens is 1. The van der Waals surface area contributed by atoms with E-state index in [2.05, 4.69) is 11.4 Å². The van der Waals surface area contributed by atoms with Crippen molar-refractivity contribution < 1.29 is 14.3 Å². The predicted octanol–water partition coefficient (Wildman–Crippen LogP) is 2.91. The van der Waals surface area contributed by atoms with Gasteiger partial charge in [0.15, 0.2) is 0 Å². The van der Waals surface area contributed by atoms with E-state index in [4.69, 9.17) is 16.3 Å². The maximum Gasteiger partial charge on any atom is 0.242 e. The fourth-order valence-corrected chi connectivity index (χ4v) is 4.12. The van der Waals surface area contributed by atoms with Gasteiger partial charge in [0.2, 0.25) is 11.8 Å². The molecule has 3 rings (SSSR count). The summed E-state index contributed by atoms with van der Waals surface area (Å²) in [5.74, 6) is -0.0114. The molecule has 1 atom stereocenters. The number of ether oxygens (including phenoxy) is 1. The lowest BCUT2D eigenvalue weighted by molar-refractivity contribution is -0.141. The molecule has 6 heteroatoms. The molecular weight excluding hydrogens is 352 g/mol. The standard InChI is InChI=1S/C20H27ClN2O3/c1-15(23-10-3-2-7-18(23)24)19(25)22-14-20(8-11-26-12-9-20)16-5-4-6-17(21)13-16/h4-6,13,15H,2-3,7-12,14H2,1H3,(H,22,25). The second kappa shape index (κ2) is 8.40. The van der Waals surface area contributed by atoms with Crippen molar-refractivity contribution in [2.45, 2.75) is 50.5 Å². The first-order valence-corrected chi connectivity index (χ1v) is 9.81. The fourth-order valence-electron chi connectivity index (χ4n) is 3.93. The Bertz CT molecular complexity index is 658. The number of likely N-dealkylation sites (tertiary alicyclic amines) is 1. The number of nitrogens with zero attached hydrogens (tertiary/aromatic N) is 1. The highest BCUT2D eigenvalue weighted by atomic mass is 35.5. The minimum Gasteiger partial charge on any atom is -0.381 e. The SMILES string of the molecule is CC(C(=O)NCC1(c2cccc(Cl)c2)CCOCC1)N1CCCCC1=O. The van der Waals surface area contributed by atoms with Gasteiger partial charge in [-0.2, -0.15) is 0 Å². The van der Waals surface area contributed by atoms with Crippen molar-refractivity contribution in [3.63, 3.8) is 0 Å². The molecule has 0 radical (unpaired) electrons. The van der Waals surface area contributed by atoms with E-state index in [9.17, 15) is 9.59 Å². The molecule has 0 aromatic heterocycles. The van der Waals surface area contributed by atoms with Crippen molar-refractivity contribution in [1.82, 2.24) is 10.2 Å². The first-order valence-electron chi connectivity index (χ1n) is 9.43. The Kier molecular flexibility index (Phi) is 6.20. The smallest absolute Gasteiger partial charge is 0.242 e. The first kappa shape index (κ1) is 19.2. The van der Waals surface area contributed by atoms with Gasteiger partial charge in [-0.25, -0.2) is 0 Å². The number of piperidine rings is 1. The molecule has 1 aromatic rings. The molecule has 0 bridgehead atoms. The van der Waals surface area contributed by atoms with E-state index in [0.29, 0.717) is 37.7 Å². The molecule has 0 spiro atoms. The summed E-state index contributed by atoms with van der Waals surface area (Å²) < 4.78 is 5.54. The van der Waals surface area contributed by atoms with Crippen LogP contribution in [-0.2, 0) is 19.7 Å². The molecule has 0 aliphatic carbocycles. The van der Waals surface area contributed by atoms with Crippen molar-refractivity contribution in [1.29, 1.82) is 0 Å². The lowest BCUT2D eigenvalue weighted by Gasteiger charge is -2.39. The Hall–Kier alpha value is -1.59. The van der Waals surface area contributed by atoms with Crippen LogP contribution in [-0.4, -0.2) is 49.1 Å². The van der Waals surface area contributed by atoms with Crippen LogP contribution >= 0.6 is 11.6 Å². The topological polar surface area (TPSA) is 58.6 Å². The number of benzene rings is 1. The zero-order valence-electron chi connectivity index (χ0n) is 15.3. The normalized spacial score (nSPS) is 21.3. The van der Waals surface area contributed by atoms with E-state index in [1.807, 2.05) is 25.1 Å². The van der Waals surface area contributed by atoms with E-state index in [0.717, 1.165) is 31.2 Å². The molecule has 1 unspecified atom stereocenters. The molecule has 142 valence electrons. The molecule has 26 heavy (non-hydrogen) atoms. The summed E-state index contributed by atoms with van der Waals surface area (Å²) >= 11 is 6.19. The van der Waals surface area contributed by atoms with Gasteiger partial charge in [0, 0.05) is 43.2 Å². The van der Waals surface area contributed by atoms with Gasteiger partial charge in [-0.15, -0.1) is 0 Å². The number of amides is 2. The van der Waals surface area contributed by atoms with E-state index in [1.165, 1.54) is 0 Å². The highest BCUT2D eigenvalue weighted by Crippen LogP contribution is 2.35. The molecule has 1 N–H and O–H groups in total. The first-order chi connectivity index (χ1) is 12.5. The molecule has 0 saturated carbocycles. The van der Waals surface area contributed by atoms with E-state index >= 15 is 0 Å². The average molecular weight is 379 g/mol. The Morgan fingerprint density at radius 1 is 1.35 bits per heavy atom. The van der Waals surface area contributed by atoms with Crippen molar-refractivity contribution in [3.8, 4) is 0 Å². The lowest BCUT2D eigenvalue weighted by Crippen LogP contribution is -2.52. The highest BCUT2D eigenvalue weighted by molar-refractivity contribution is 6.30. The Balaban J connectivity index is 1.69. The summed E-state index contributed by atoms with van der Waals surface area (Å²) in [5.41, 5.74) is 0.958. The summed E-state index contributed by atoms with van der Waals surface area (Å²) in [6, 6.07) is 7.43. The third kappa shape index (κ3) is 4.21. The fraction of sp³-hybridized carbons (Fsp3) is 0.600. The zero-order chi connectivity index (χ0) is 18.6. The lowest BCUT2D eigenvalue weighted by atomic mass is 9.74. The van der Waals surface area contributed by atoms with Gasteiger partial charge in [0.25, 0.3) is 0 Å². The van der Waals surface area contributed by atoms with Crippen LogP contribution in [0.25, 0.3) is 0 Å². The molecule has 2 amide bonds. The van der Waals surface area contributed by atoms with Crippen molar-refractivity contribution in [2.75, 3.05) is 26.3 Å². The van der Waals surface area contributed by atoms with Crippen molar-refractivity contribution in [2.24, 2.45) is 0 Å². The largest absolute Gasteiger partial charge is 0.381 e. The number of nitrogens with one attached hydrogen (secondary N) is 1. The monoisotopic (exact) mass is 378 g/mol. The molecule has 1 aromatic carbocycles. The van der Waals surface area contributed by atoms with Crippen LogP contribution in [0.2, 0.25) is 5.02 Å². The van der Waals surface area contributed by atoms with E-state index in [-0.39, 0.29) is 17.2 Å². The van der Waals surface area contributed by atoms with Gasteiger partial charge in [-0.05, 0) is 50.3 Å². The van der Waals surface area contributed by atoms with Gasteiger partial charge in [0.05, 0.1) is 0 Å². The van der Waals surface area contributed by atoms with Crippen LogP contribution in [0.1, 0.15) is 44.6 Å². The van der Waals surface area contributed by atoms with Crippen LogP contribution in [0.3, 0.4) is 0 Å². The second-order valence-electron chi connectivity index (χ2n) is 7.34. The van der Waals surface area contributed by atoms with Gasteiger partial charge in [0.1, 0.15) is 6.04 Å². The highest BCUT2D eigenvalue weighted by Gasteiger charge is 2.36. The van der Waals surface area contributed by atoms with Crippen LogP contribution in [0, 0.1) is 0 Å². The van der Waals surface area contributed by atoms with E-state index in [1.54, 1.807) is 4.90 Å². The van der Waals surface area contributed by atoms with Gasteiger partial charge >= 0.3 is 0 Å². The molecule has 2 heterocycles. The van der Waals surface area contributed by atoms with Gasteiger partial charge < -0.3 is 15.0 Å². The van der Waals surface area contributed by atoms with Crippen LogP contribution < -0.4 is 5.32 Å². The molecule has 2 aliphatic rings. The maximum absolute atomic E-state index is 12.7. The Labute approximate surface area is 160 Å². The zero-order valence-corrected chi connectivity index (χ0v) is 16.1. The van der Waals surface area contributed by atoms with Crippen LogP contribution in [0.15, 0.2) is 24.3 Å². The number of hydrogen-bond donors (Lipinski definition) is 1. The summed E-state index contributed by atoms with van der Waals surface area (Å²) in [6.45, 7) is 4.35. The quantitative estimate of drug-likeness (QED) is 0.857. The number of hydrogen-bond acceptors (Lipinski definition) is 3. The van der Waals surface area contributed by atoms with Crippen LogP contribution in [0.5, 0.6) is 0 Å². The Morgan fingerprint density at radius 2 is 2.12 bits per heavy atom. The predicted molar refractivity (Wildman–Crippen MR) is 101 cm³/mol.